The third-order valence-corrected chi connectivity index (χ3v) is 5.96. The van der Waals surface area contributed by atoms with Gasteiger partial charge in [0, 0.05) is 48.2 Å². The van der Waals surface area contributed by atoms with Gasteiger partial charge in [-0.15, -0.1) is 0 Å². The van der Waals surface area contributed by atoms with Crippen molar-refractivity contribution in [1.29, 1.82) is 0 Å². The molecule has 0 aliphatic carbocycles. The lowest BCUT2D eigenvalue weighted by molar-refractivity contribution is 0.102. The Kier molecular flexibility index (Phi) is 5.28. The summed E-state index contributed by atoms with van der Waals surface area (Å²) >= 11 is 0. The topological polar surface area (TPSA) is 110 Å². The largest absolute Gasteiger partial charge is 0.382 e. The second kappa shape index (κ2) is 8.39. The SMILES string of the molecule is C[C@H]1CC[C@H](c2nc(-c3ccc(C(=O)Nc4ccccn4)cc3)c3c(N)nccn23)CN1. The van der Waals surface area contributed by atoms with E-state index in [1.807, 2.05) is 24.4 Å². The maximum Gasteiger partial charge on any atom is 0.256 e. The van der Waals surface area contributed by atoms with Crippen molar-refractivity contribution in [3.05, 3.63) is 72.4 Å². The number of hydrogen-bond donors (Lipinski definition) is 3. The summed E-state index contributed by atoms with van der Waals surface area (Å²) in [5.74, 6) is 2.03. The Morgan fingerprint density at radius 1 is 1.12 bits per heavy atom. The predicted octanol–water partition coefficient (Wildman–Crippen LogP) is 3.48. The van der Waals surface area contributed by atoms with Crippen molar-refractivity contribution in [2.24, 2.45) is 0 Å². The van der Waals surface area contributed by atoms with Crippen molar-refractivity contribution in [2.75, 3.05) is 17.6 Å². The fraction of sp³-hybridized carbons (Fsp3) is 0.250. The minimum absolute atomic E-state index is 0.214. The quantitative estimate of drug-likeness (QED) is 0.460. The van der Waals surface area contributed by atoms with Gasteiger partial charge < -0.3 is 16.4 Å². The molecule has 0 bridgehead atoms. The van der Waals surface area contributed by atoms with Crippen LogP contribution >= 0.6 is 0 Å². The predicted molar refractivity (Wildman–Crippen MR) is 124 cm³/mol. The van der Waals surface area contributed by atoms with Crippen LogP contribution in [0.25, 0.3) is 16.8 Å². The zero-order chi connectivity index (χ0) is 22.1. The average molecular weight is 428 g/mol. The van der Waals surface area contributed by atoms with E-state index in [1.165, 1.54) is 0 Å². The van der Waals surface area contributed by atoms with Crippen LogP contribution in [0, 0.1) is 0 Å². The highest BCUT2D eigenvalue weighted by Crippen LogP contribution is 2.33. The van der Waals surface area contributed by atoms with Crippen molar-refractivity contribution in [1.82, 2.24) is 24.7 Å². The molecule has 0 radical (unpaired) electrons. The molecule has 0 spiro atoms. The standard InChI is InChI=1S/C24H25N7O/c1-15-5-6-18(14-28-15)23-30-20(21-22(25)27-12-13-31(21)23)16-7-9-17(10-8-16)24(32)29-19-4-2-3-11-26-19/h2-4,7-13,15,18,28H,5-6,14H2,1H3,(H2,25,27)(H,26,29,32)/t15-,18-/m0/s1. The van der Waals surface area contributed by atoms with E-state index in [0.717, 1.165) is 42.0 Å². The van der Waals surface area contributed by atoms with E-state index >= 15 is 0 Å². The fourth-order valence-electron chi connectivity index (χ4n) is 4.20. The van der Waals surface area contributed by atoms with Gasteiger partial charge in [-0.1, -0.05) is 18.2 Å². The van der Waals surface area contributed by atoms with Gasteiger partial charge in [-0.2, -0.15) is 0 Å². The molecule has 8 nitrogen and oxygen atoms in total. The van der Waals surface area contributed by atoms with Gasteiger partial charge in [0.25, 0.3) is 5.91 Å². The number of carbonyl (C=O) groups excluding carboxylic acids is 1. The number of pyridine rings is 1. The van der Waals surface area contributed by atoms with Gasteiger partial charge in [0.05, 0.1) is 0 Å². The molecule has 4 N–H and O–H groups in total. The number of amides is 1. The third-order valence-electron chi connectivity index (χ3n) is 5.96. The lowest BCUT2D eigenvalue weighted by atomic mass is 9.95. The van der Waals surface area contributed by atoms with E-state index < -0.39 is 0 Å². The molecule has 1 amide bonds. The number of nitrogen functional groups attached to an aromatic ring is 1. The molecular formula is C24H25N7O. The molecule has 2 atom stereocenters. The number of carbonyl (C=O) groups is 1. The van der Waals surface area contributed by atoms with Crippen LogP contribution in [-0.2, 0) is 0 Å². The average Bonchev–Trinajstić information content (AvgIpc) is 3.21. The van der Waals surface area contributed by atoms with Gasteiger partial charge in [-0.05, 0) is 44.0 Å². The minimum atomic E-state index is -0.214. The Balaban J connectivity index is 1.47. The minimum Gasteiger partial charge on any atom is -0.382 e. The number of nitrogens with zero attached hydrogens (tertiary/aromatic N) is 4. The highest BCUT2D eigenvalue weighted by molar-refractivity contribution is 6.04. The summed E-state index contributed by atoms with van der Waals surface area (Å²) < 4.78 is 2.06. The molecular weight excluding hydrogens is 402 g/mol. The number of fused-ring (bicyclic) bond motifs is 1. The second-order valence-corrected chi connectivity index (χ2v) is 8.18. The molecule has 1 fully saturated rings. The number of rotatable bonds is 4. The monoisotopic (exact) mass is 427 g/mol. The van der Waals surface area contributed by atoms with Crippen molar-refractivity contribution in [3.63, 3.8) is 0 Å². The van der Waals surface area contributed by atoms with E-state index in [1.54, 1.807) is 36.7 Å². The highest BCUT2D eigenvalue weighted by Gasteiger charge is 2.26. The summed E-state index contributed by atoms with van der Waals surface area (Å²) in [5.41, 5.74) is 9.27. The molecule has 5 rings (SSSR count). The number of benzene rings is 1. The maximum atomic E-state index is 12.6. The van der Waals surface area contributed by atoms with Gasteiger partial charge >= 0.3 is 0 Å². The zero-order valence-electron chi connectivity index (χ0n) is 17.8. The Bertz CT molecular complexity index is 1240. The van der Waals surface area contributed by atoms with E-state index in [-0.39, 0.29) is 5.91 Å². The number of imidazole rings is 1. The Morgan fingerprint density at radius 2 is 1.97 bits per heavy atom. The van der Waals surface area contributed by atoms with Crippen LogP contribution in [0.5, 0.6) is 0 Å². The normalized spacial score (nSPS) is 18.5. The molecule has 4 heterocycles. The van der Waals surface area contributed by atoms with Gasteiger partial charge in [0.15, 0.2) is 0 Å². The first-order valence-electron chi connectivity index (χ1n) is 10.8. The van der Waals surface area contributed by atoms with Crippen LogP contribution in [0.1, 0.15) is 41.9 Å². The van der Waals surface area contributed by atoms with Crippen LogP contribution in [-0.4, -0.2) is 37.8 Å². The summed E-state index contributed by atoms with van der Waals surface area (Å²) in [7, 11) is 0. The van der Waals surface area contributed by atoms with E-state index in [9.17, 15) is 4.79 Å². The molecule has 3 aromatic heterocycles. The zero-order valence-corrected chi connectivity index (χ0v) is 17.8. The molecule has 162 valence electrons. The Morgan fingerprint density at radius 3 is 2.69 bits per heavy atom. The molecule has 1 aliphatic heterocycles. The van der Waals surface area contributed by atoms with E-state index in [2.05, 4.69) is 31.9 Å². The van der Waals surface area contributed by atoms with Crippen molar-refractivity contribution < 1.29 is 4.79 Å². The van der Waals surface area contributed by atoms with E-state index in [0.29, 0.717) is 29.2 Å². The number of nitrogens with two attached hydrogens (primary N) is 1. The summed E-state index contributed by atoms with van der Waals surface area (Å²) in [6, 6.07) is 13.3. The van der Waals surface area contributed by atoms with Crippen LogP contribution in [0.3, 0.4) is 0 Å². The molecule has 1 aliphatic rings. The molecule has 4 aromatic rings. The van der Waals surface area contributed by atoms with Gasteiger partial charge in [-0.3, -0.25) is 9.20 Å². The fourth-order valence-corrected chi connectivity index (χ4v) is 4.20. The summed E-state index contributed by atoms with van der Waals surface area (Å²) in [5, 5.41) is 6.35. The number of piperidine rings is 1. The summed E-state index contributed by atoms with van der Waals surface area (Å²) in [6.45, 7) is 3.09. The third kappa shape index (κ3) is 3.80. The number of aromatic nitrogens is 4. The molecule has 0 saturated carbocycles. The number of anilines is 2. The van der Waals surface area contributed by atoms with Crippen LogP contribution in [0.4, 0.5) is 11.6 Å². The molecule has 0 unspecified atom stereocenters. The van der Waals surface area contributed by atoms with Crippen LogP contribution in [0.2, 0.25) is 0 Å². The molecule has 8 heteroatoms. The van der Waals surface area contributed by atoms with Crippen LogP contribution < -0.4 is 16.4 Å². The van der Waals surface area contributed by atoms with Gasteiger partial charge in [0.1, 0.15) is 28.7 Å². The number of hydrogen-bond acceptors (Lipinski definition) is 6. The van der Waals surface area contributed by atoms with Crippen molar-refractivity contribution >= 4 is 23.1 Å². The van der Waals surface area contributed by atoms with Crippen molar-refractivity contribution in [2.45, 2.75) is 31.7 Å². The first kappa shape index (κ1) is 20.1. The first-order valence-corrected chi connectivity index (χ1v) is 10.8. The summed E-state index contributed by atoms with van der Waals surface area (Å²) in [6.07, 6.45) is 7.45. The van der Waals surface area contributed by atoms with Crippen LogP contribution in [0.15, 0.2) is 61.1 Å². The first-order chi connectivity index (χ1) is 15.6. The lowest BCUT2D eigenvalue weighted by Gasteiger charge is -2.26. The highest BCUT2D eigenvalue weighted by atomic mass is 16.1. The van der Waals surface area contributed by atoms with Gasteiger partial charge in [-0.25, -0.2) is 15.0 Å². The van der Waals surface area contributed by atoms with Gasteiger partial charge in [0.2, 0.25) is 0 Å². The summed E-state index contributed by atoms with van der Waals surface area (Å²) in [4.78, 5) is 26.0. The Hall–Kier alpha value is -3.78. The molecule has 32 heavy (non-hydrogen) atoms. The second-order valence-electron chi connectivity index (χ2n) is 8.18. The molecule has 1 aromatic carbocycles. The van der Waals surface area contributed by atoms with Crippen molar-refractivity contribution in [3.8, 4) is 11.3 Å². The smallest absolute Gasteiger partial charge is 0.256 e. The Labute approximate surface area is 185 Å². The molecule has 1 saturated heterocycles. The maximum absolute atomic E-state index is 12.6. The van der Waals surface area contributed by atoms with E-state index in [4.69, 9.17) is 10.7 Å². The lowest BCUT2D eigenvalue weighted by Crippen LogP contribution is -2.36. The number of nitrogens with one attached hydrogen (secondary N) is 2.